The van der Waals surface area contributed by atoms with E-state index in [1.165, 1.54) is 17.8 Å². The molecule has 2 atom stereocenters. The topological polar surface area (TPSA) is 22.0 Å². The minimum Gasteiger partial charge on any atom is -0.348 e. The van der Waals surface area contributed by atoms with Gasteiger partial charge in [-0.05, 0) is 43.1 Å². The quantitative estimate of drug-likeness (QED) is 0.780. The third kappa shape index (κ3) is 1.92. The maximum atomic E-state index is 12.2. The van der Waals surface area contributed by atoms with Gasteiger partial charge in [-0.2, -0.15) is 0 Å². The standard InChI is InChI=1S/C16H23NO/c1-10-5-12(10)9-17-11(2)6-13-14(17)7-16(3,4)8-15(13)18/h6,10,12H,5,7-9H2,1-4H3. The Morgan fingerprint density at radius 3 is 2.67 bits per heavy atom. The van der Waals surface area contributed by atoms with E-state index in [0.717, 1.165) is 30.4 Å². The molecule has 1 saturated carbocycles. The van der Waals surface area contributed by atoms with Crippen LogP contribution in [0.2, 0.25) is 0 Å². The zero-order valence-corrected chi connectivity index (χ0v) is 11.9. The molecule has 2 nitrogen and oxygen atoms in total. The molecule has 0 spiro atoms. The van der Waals surface area contributed by atoms with Gasteiger partial charge in [0.15, 0.2) is 5.78 Å². The second kappa shape index (κ2) is 3.72. The van der Waals surface area contributed by atoms with Crippen LogP contribution in [0.15, 0.2) is 6.07 Å². The lowest BCUT2D eigenvalue weighted by Crippen LogP contribution is -2.28. The number of aromatic nitrogens is 1. The number of aryl methyl sites for hydroxylation is 1. The molecule has 2 aliphatic rings. The van der Waals surface area contributed by atoms with Crippen LogP contribution in [0.4, 0.5) is 0 Å². The van der Waals surface area contributed by atoms with E-state index in [1.54, 1.807) is 0 Å². The third-order valence-electron chi connectivity index (χ3n) is 4.69. The molecule has 1 aromatic heterocycles. The smallest absolute Gasteiger partial charge is 0.165 e. The van der Waals surface area contributed by atoms with Crippen molar-refractivity contribution in [2.75, 3.05) is 0 Å². The Kier molecular flexibility index (Phi) is 2.48. The van der Waals surface area contributed by atoms with Crippen molar-refractivity contribution in [2.24, 2.45) is 17.3 Å². The highest BCUT2D eigenvalue weighted by molar-refractivity contribution is 5.99. The molecule has 2 aliphatic carbocycles. The van der Waals surface area contributed by atoms with E-state index >= 15 is 0 Å². The predicted octanol–water partition coefficient (Wildman–Crippen LogP) is 3.61. The highest BCUT2D eigenvalue weighted by Gasteiger charge is 2.37. The Morgan fingerprint density at radius 1 is 1.39 bits per heavy atom. The molecule has 18 heavy (non-hydrogen) atoms. The first-order valence-corrected chi connectivity index (χ1v) is 7.09. The van der Waals surface area contributed by atoms with Gasteiger partial charge >= 0.3 is 0 Å². The number of hydrogen-bond donors (Lipinski definition) is 0. The second-order valence-electron chi connectivity index (χ2n) is 7.17. The maximum Gasteiger partial charge on any atom is 0.165 e. The second-order valence-corrected chi connectivity index (χ2v) is 7.17. The van der Waals surface area contributed by atoms with E-state index < -0.39 is 0 Å². The van der Waals surface area contributed by atoms with Crippen LogP contribution in [0.3, 0.4) is 0 Å². The fourth-order valence-corrected chi connectivity index (χ4v) is 3.35. The average Bonchev–Trinajstić information content (AvgIpc) is 2.84. The molecule has 1 fully saturated rings. The molecule has 3 rings (SSSR count). The number of hydrogen-bond acceptors (Lipinski definition) is 1. The molecule has 0 N–H and O–H groups in total. The first-order valence-electron chi connectivity index (χ1n) is 7.09. The van der Waals surface area contributed by atoms with Crippen molar-refractivity contribution in [2.45, 2.75) is 53.5 Å². The van der Waals surface area contributed by atoms with E-state index in [1.807, 2.05) is 0 Å². The fourth-order valence-electron chi connectivity index (χ4n) is 3.35. The van der Waals surface area contributed by atoms with Crippen molar-refractivity contribution >= 4 is 5.78 Å². The van der Waals surface area contributed by atoms with Crippen molar-refractivity contribution in [1.82, 2.24) is 4.57 Å². The highest BCUT2D eigenvalue weighted by Crippen LogP contribution is 2.42. The summed E-state index contributed by atoms with van der Waals surface area (Å²) in [5.74, 6) is 2.04. The summed E-state index contributed by atoms with van der Waals surface area (Å²) in [4.78, 5) is 12.2. The summed E-state index contributed by atoms with van der Waals surface area (Å²) in [5.41, 5.74) is 3.69. The van der Waals surface area contributed by atoms with Crippen LogP contribution in [0.5, 0.6) is 0 Å². The Hall–Kier alpha value is -1.05. The van der Waals surface area contributed by atoms with Crippen LogP contribution < -0.4 is 0 Å². The van der Waals surface area contributed by atoms with E-state index in [0.29, 0.717) is 12.2 Å². The lowest BCUT2D eigenvalue weighted by molar-refractivity contribution is 0.0910. The Balaban J connectivity index is 1.98. The van der Waals surface area contributed by atoms with Crippen molar-refractivity contribution in [3.8, 4) is 0 Å². The number of Topliss-reactive ketones (excluding diaryl/α,β-unsaturated/α-hetero) is 1. The molecule has 0 aromatic carbocycles. The molecule has 0 aliphatic heterocycles. The van der Waals surface area contributed by atoms with Crippen LogP contribution >= 0.6 is 0 Å². The highest BCUT2D eigenvalue weighted by atomic mass is 16.1. The molecule has 98 valence electrons. The van der Waals surface area contributed by atoms with Gasteiger partial charge in [-0.15, -0.1) is 0 Å². The largest absolute Gasteiger partial charge is 0.348 e. The zero-order chi connectivity index (χ0) is 13.1. The molecule has 0 amide bonds. The summed E-state index contributed by atoms with van der Waals surface area (Å²) in [6.45, 7) is 10.0. The first-order chi connectivity index (χ1) is 8.37. The van der Waals surface area contributed by atoms with E-state index in [4.69, 9.17) is 0 Å². The lowest BCUT2D eigenvalue weighted by atomic mass is 9.76. The predicted molar refractivity (Wildman–Crippen MR) is 72.9 cm³/mol. The molecule has 0 radical (unpaired) electrons. The van der Waals surface area contributed by atoms with Crippen LogP contribution in [0.1, 0.15) is 55.4 Å². The minimum absolute atomic E-state index is 0.127. The molecule has 2 unspecified atom stereocenters. The van der Waals surface area contributed by atoms with Gasteiger partial charge in [-0.25, -0.2) is 0 Å². The number of carbonyl (C=O) groups is 1. The minimum atomic E-state index is 0.127. The number of carbonyl (C=O) groups excluding carboxylic acids is 1. The molecule has 0 bridgehead atoms. The summed E-state index contributed by atoms with van der Waals surface area (Å²) in [6, 6.07) is 2.11. The summed E-state index contributed by atoms with van der Waals surface area (Å²) in [6.07, 6.45) is 3.09. The molecular weight excluding hydrogens is 222 g/mol. The van der Waals surface area contributed by atoms with Gasteiger partial charge in [0, 0.05) is 29.9 Å². The lowest BCUT2D eigenvalue weighted by Gasteiger charge is -2.30. The third-order valence-corrected chi connectivity index (χ3v) is 4.69. The first kappa shape index (κ1) is 12.0. The Morgan fingerprint density at radius 2 is 2.06 bits per heavy atom. The molecule has 0 saturated heterocycles. The van der Waals surface area contributed by atoms with Crippen molar-refractivity contribution in [3.05, 3.63) is 23.0 Å². The van der Waals surface area contributed by atoms with Gasteiger partial charge in [0.05, 0.1) is 0 Å². The SMILES string of the molecule is Cc1cc2c(n1CC1CC1C)CC(C)(C)CC2=O. The monoisotopic (exact) mass is 245 g/mol. The number of nitrogens with zero attached hydrogens (tertiary/aromatic N) is 1. The Labute approximate surface area is 109 Å². The van der Waals surface area contributed by atoms with Crippen LogP contribution in [0.25, 0.3) is 0 Å². The van der Waals surface area contributed by atoms with E-state index in [2.05, 4.69) is 38.3 Å². The van der Waals surface area contributed by atoms with E-state index in [-0.39, 0.29) is 5.41 Å². The van der Waals surface area contributed by atoms with Crippen molar-refractivity contribution < 1.29 is 4.79 Å². The van der Waals surface area contributed by atoms with Crippen LogP contribution in [0, 0.1) is 24.2 Å². The molecular formula is C16H23NO. The summed E-state index contributed by atoms with van der Waals surface area (Å²) in [7, 11) is 0. The number of ketones is 1. The van der Waals surface area contributed by atoms with Gasteiger partial charge in [0.1, 0.15) is 0 Å². The zero-order valence-electron chi connectivity index (χ0n) is 11.9. The van der Waals surface area contributed by atoms with Gasteiger partial charge in [-0.3, -0.25) is 4.79 Å². The van der Waals surface area contributed by atoms with Crippen molar-refractivity contribution in [1.29, 1.82) is 0 Å². The van der Waals surface area contributed by atoms with Crippen LogP contribution in [-0.4, -0.2) is 10.4 Å². The van der Waals surface area contributed by atoms with Gasteiger partial charge in [0.25, 0.3) is 0 Å². The van der Waals surface area contributed by atoms with Crippen molar-refractivity contribution in [3.63, 3.8) is 0 Å². The van der Waals surface area contributed by atoms with Gasteiger partial charge < -0.3 is 4.57 Å². The number of rotatable bonds is 2. The molecule has 1 heterocycles. The fraction of sp³-hybridized carbons (Fsp3) is 0.688. The van der Waals surface area contributed by atoms with Gasteiger partial charge in [-0.1, -0.05) is 20.8 Å². The summed E-state index contributed by atoms with van der Waals surface area (Å²) in [5, 5.41) is 0. The van der Waals surface area contributed by atoms with Crippen LogP contribution in [-0.2, 0) is 13.0 Å². The average molecular weight is 245 g/mol. The number of fused-ring (bicyclic) bond motifs is 1. The summed E-state index contributed by atoms with van der Waals surface area (Å²) < 4.78 is 2.42. The van der Waals surface area contributed by atoms with E-state index in [9.17, 15) is 4.79 Å². The normalized spacial score (nSPS) is 29.2. The maximum absolute atomic E-state index is 12.2. The molecule has 1 aromatic rings. The van der Waals surface area contributed by atoms with Gasteiger partial charge in [0.2, 0.25) is 0 Å². The molecule has 2 heteroatoms. The summed E-state index contributed by atoms with van der Waals surface area (Å²) >= 11 is 0. The Bertz CT molecular complexity index is 509.